The second-order valence-corrected chi connectivity index (χ2v) is 16.9. The highest BCUT2D eigenvalue weighted by molar-refractivity contribution is 7.91. The smallest absolute Gasteiger partial charge is 0.261 e. The lowest BCUT2D eigenvalue weighted by molar-refractivity contribution is 0.103. The summed E-state index contributed by atoms with van der Waals surface area (Å²) in [6.45, 7) is 7.90. The van der Waals surface area contributed by atoms with Gasteiger partial charge >= 0.3 is 0 Å². The van der Waals surface area contributed by atoms with Gasteiger partial charge in [0.15, 0.2) is 15.6 Å². The first-order valence-electron chi connectivity index (χ1n) is 13.5. The fourth-order valence-electron chi connectivity index (χ4n) is 4.20. The Balaban J connectivity index is 2.35. The normalized spacial score (nSPS) is 14.2. The summed E-state index contributed by atoms with van der Waals surface area (Å²) in [5, 5.41) is 0.374. The van der Waals surface area contributed by atoms with Crippen molar-refractivity contribution in [2.45, 2.75) is 45.4 Å². The van der Waals surface area contributed by atoms with E-state index in [0.29, 0.717) is 14.9 Å². The molecule has 0 saturated carbocycles. The molecule has 0 spiro atoms. The number of carbonyl (C=O) groups is 1. The largest absolute Gasteiger partial charge is 0.318 e. The minimum Gasteiger partial charge on any atom is -0.318 e. The molecule has 44 heavy (non-hydrogen) atoms. The van der Waals surface area contributed by atoms with Gasteiger partial charge in [0.2, 0.25) is 0 Å². The number of anilines is 1. The maximum atomic E-state index is 15.8. The highest BCUT2D eigenvalue weighted by Crippen LogP contribution is 2.36. The molecule has 240 valence electrons. The Kier molecular flexibility index (Phi) is 11.5. The molecule has 3 aromatic rings. The number of sulfone groups is 1. The zero-order chi connectivity index (χ0) is 33.1. The van der Waals surface area contributed by atoms with Crippen LogP contribution in [0.25, 0.3) is 11.1 Å². The van der Waals surface area contributed by atoms with E-state index in [2.05, 4.69) is 4.72 Å². The summed E-state index contributed by atoms with van der Waals surface area (Å²) < 4.78 is 79.8. The average Bonchev–Trinajstić information content (AvgIpc) is 2.94. The van der Waals surface area contributed by atoms with Crippen molar-refractivity contribution in [3.05, 3.63) is 86.5 Å². The van der Waals surface area contributed by atoms with Crippen molar-refractivity contribution < 1.29 is 30.6 Å². The van der Waals surface area contributed by atoms with Crippen molar-refractivity contribution in [2.75, 3.05) is 22.4 Å². The van der Waals surface area contributed by atoms with Gasteiger partial charge in [0, 0.05) is 59.4 Å². The van der Waals surface area contributed by atoms with Crippen molar-refractivity contribution in [2.24, 2.45) is 7.05 Å². The van der Waals surface area contributed by atoms with Crippen molar-refractivity contribution in [3.63, 3.8) is 0 Å². The standard InChI is InChI=1S/C29H35ClFN3O7S3/c1-7-44(40,41)13-12-34(43(38)39)26-15-22(23(14-25(26)31)28(36)19-8-10-20(30)11-9-19)24-17-33(6)27(35)16-21(24)18(2)32-42(37)29(3,4)5/h8-11,14-18,32H,7,12-13H2,1-6H3,(H,38,39)/t18-,42?/m0/s1. The Hall–Kier alpha value is -2.75. The van der Waals surface area contributed by atoms with Crippen LogP contribution in [0, 0.1) is 5.82 Å². The van der Waals surface area contributed by atoms with Gasteiger partial charge in [-0.3, -0.25) is 18.4 Å². The number of nitrogens with zero attached hydrogens (tertiary/aromatic N) is 2. The highest BCUT2D eigenvalue weighted by Gasteiger charge is 2.28. The van der Waals surface area contributed by atoms with Gasteiger partial charge in [0.25, 0.3) is 16.8 Å². The third-order valence-corrected chi connectivity index (χ3v) is 11.2. The summed E-state index contributed by atoms with van der Waals surface area (Å²) in [5.74, 6) is -2.40. The lowest BCUT2D eigenvalue weighted by Gasteiger charge is -2.26. The molecule has 0 fully saturated rings. The molecule has 3 rings (SSSR count). The molecule has 3 atom stereocenters. The molecule has 0 aliphatic carbocycles. The second-order valence-electron chi connectivity index (χ2n) is 11.1. The third-order valence-electron chi connectivity index (χ3n) is 6.80. The number of ketones is 1. The maximum Gasteiger partial charge on any atom is 0.261 e. The van der Waals surface area contributed by atoms with Crippen LogP contribution >= 0.6 is 11.6 Å². The predicted molar refractivity (Wildman–Crippen MR) is 174 cm³/mol. The topological polar surface area (TPSA) is 143 Å². The van der Waals surface area contributed by atoms with Crippen molar-refractivity contribution in [1.29, 1.82) is 0 Å². The molecule has 10 nitrogen and oxygen atoms in total. The summed E-state index contributed by atoms with van der Waals surface area (Å²) in [6.07, 6.45) is 1.44. The molecule has 1 heterocycles. The molecule has 2 N–H and O–H groups in total. The van der Waals surface area contributed by atoms with Crippen molar-refractivity contribution >= 4 is 55.2 Å². The van der Waals surface area contributed by atoms with Crippen LogP contribution in [0.15, 0.2) is 53.5 Å². The SMILES string of the molecule is CCS(=O)(=O)CCN(c1cc(-c2cn(C)c(=O)cc2[C@H](C)NS(=O)C(C)(C)C)c(C(=O)c2ccc(Cl)cc2)cc1F)S(=O)O. The van der Waals surface area contributed by atoms with Crippen LogP contribution in [0.2, 0.25) is 5.02 Å². The first kappa shape index (κ1) is 35.7. The third kappa shape index (κ3) is 8.49. The molecular weight excluding hydrogens is 653 g/mol. The molecule has 0 aliphatic rings. The van der Waals surface area contributed by atoms with E-state index < -0.39 is 78.0 Å². The van der Waals surface area contributed by atoms with Gasteiger partial charge in [-0.25, -0.2) is 25.9 Å². The Morgan fingerprint density at radius 1 is 1.14 bits per heavy atom. The predicted octanol–water partition coefficient (Wildman–Crippen LogP) is 4.57. The number of rotatable bonds is 12. The van der Waals surface area contributed by atoms with E-state index in [9.17, 15) is 31.0 Å². The summed E-state index contributed by atoms with van der Waals surface area (Å²) in [5.41, 5.74) is -0.0996. The number of hydrogen-bond acceptors (Lipinski definition) is 6. The van der Waals surface area contributed by atoms with Crippen LogP contribution in [0.3, 0.4) is 0 Å². The van der Waals surface area contributed by atoms with E-state index >= 15 is 4.39 Å². The summed E-state index contributed by atoms with van der Waals surface area (Å²) >= 11 is 3.16. The van der Waals surface area contributed by atoms with Crippen molar-refractivity contribution in [1.82, 2.24) is 9.29 Å². The minimum absolute atomic E-state index is 0.0935. The molecule has 0 amide bonds. The van der Waals surface area contributed by atoms with E-state index in [4.69, 9.17) is 11.6 Å². The quantitative estimate of drug-likeness (QED) is 0.210. The number of hydrogen-bond donors (Lipinski definition) is 2. The highest BCUT2D eigenvalue weighted by atomic mass is 35.5. The zero-order valence-corrected chi connectivity index (χ0v) is 28.3. The minimum atomic E-state index is -3.59. The van der Waals surface area contributed by atoms with E-state index in [1.807, 2.05) is 0 Å². The van der Waals surface area contributed by atoms with E-state index in [-0.39, 0.29) is 28.0 Å². The van der Waals surface area contributed by atoms with E-state index in [1.54, 1.807) is 27.7 Å². The van der Waals surface area contributed by atoms with Gasteiger partial charge in [0.05, 0.1) is 27.2 Å². The molecule has 1 aromatic heterocycles. The average molecular weight is 688 g/mol. The molecule has 0 bridgehead atoms. The molecule has 2 unspecified atom stereocenters. The number of pyridine rings is 1. The molecule has 0 aliphatic heterocycles. The Morgan fingerprint density at radius 3 is 2.30 bits per heavy atom. The Labute approximate surface area is 266 Å². The van der Waals surface area contributed by atoms with E-state index in [1.165, 1.54) is 61.1 Å². The van der Waals surface area contributed by atoms with Gasteiger partial charge < -0.3 is 4.57 Å². The molecule has 2 aromatic carbocycles. The molecular formula is C29H35ClFN3O7S3. The number of aryl methyl sites for hydroxylation is 1. The zero-order valence-electron chi connectivity index (χ0n) is 25.1. The van der Waals surface area contributed by atoms with Gasteiger partial charge in [-0.15, -0.1) is 0 Å². The summed E-state index contributed by atoms with van der Waals surface area (Å²) in [4.78, 5) is 26.6. The number of benzene rings is 2. The second kappa shape index (κ2) is 14.1. The maximum absolute atomic E-state index is 15.8. The fourth-order valence-corrected chi connectivity index (χ4v) is 6.55. The number of aromatic nitrogens is 1. The van der Waals surface area contributed by atoms with Gasteiger partial charge in [-0.05, 0) is 75.2 Å². The van der Waals surface area contributed by atoms with Crippen molar-refractivity contribution in [3.8, 4) is 11.1 Å². The Bertz CT molecular complexity index is 1770. The molecule has 0 saturated heterocycles. The van der Waals surface area contributed by atoms with Gasteiger partial charge in [-0.2, -0.15) is 0 Å². The van der Waals surface area contributed by atoms with Crippen LogP contribution in [0.5, 0.6) is 0 Å². The molecule has 0 radical (unpaired) electrons. The van der Waals surface area contributed by atoms with Crippen LogP contribution < -0.4 is 14.6 Å². The number of halogens is 2. The Morgan fingerprint density at radius 2 is 1.75 bits per heavy atom. The monoisotopic (exact) mass is 687 g/mol. The summed E-state index contributed by atoms with van der Waals surface area (Å²) in [6, 6.07) is 8.61. The van der Waals surface area contributed by atoms with E-state index in [0.717, 1.165) is 6.07 Å². The summed E-state index contributed by atoms with van der Waals surface area (Å²) in [7, 11) is -3.67. The van der Waals surface area contributed by atoms with Crippen LogP contribution in [0.1, 0.15) is 62.1 Å². The number of carbonyl (C=O) groups excluding carboxylic acids is 1. The lowest BCUT2D eigenvalue weighted by atomic mass is 9.90. The van der Waals surface area contributed by atoms with Crippen LogP contribution in [-0.2, 0) is 39.1 Å². The first-order chi connectivity index (χ1) is 20.4. The first-order valence-corrected chi connectivity index (χ1v) is 17.9. The van der Waals surface area contributed by atoms with Gasteiger partial charge in [0.1, 0.15) is 5.82 Å². The number of nitrogens with one attached hydrogen (secondary N) is 1. The van der Waals surface area contributed by atoms with Crippen LogP contribution in [0.4, 0.5) is 10.1 Å². The fraction of sp³-hybridized carbons (Fsp3) is 0.379. The van der Waals surface area contributed by atoms with Crippen LogP contribution in [-0.4, -0.2) is 54.5 Å². The molecule has 15 heteroatoms. The van der Waals surface area contributed by atoms with Gasteiger partial charge in [-0.1, -0.05) is 18.5 Å². The lowest BCUT2D eigenvalue weighted by Crippen LogP contribution is -2.35.